The van der Waals surface area contributed by atoms with Gasteiger partial charge in [0.15, 0.2) is 24.1 Å². The Bertz CT molecular complexity index is 671. The highest BCUT2D eigenvalue weighted by Crippen LogP contribution is 2.34. The molecule has 2 unspecified atom stereocenters. The van der Waals surface area contributed by atoms with Crippen molar-refractivity contribution < 1.29 is 24.1 Å². The minimum absolute atomic E-state index is 0.183. The summed E-state index contributed by atoms with van der Waals surface area (Å²) in [6, 6.07) is 4.41. The van der Waals surface area contributed by atoms with Crippen LogP contribution in [0.25, 0.3) is 11.0 Å². The van der Waals surface area contributed by atoms with Gasteiger partial charge in [0, 0.05) is 17.5 Å². The molecule has 2 N–H and O–H groups in total. The van der Waals surface area contributed by atoms with Crippen LogP contribution in [0.2, 0.25) is 0 Å². The van der Waals surface area contributed by atoms with E-state index in [1.807, 2.05) is 0 Å². The van der Waals surface area contributed by atoms with E-state index in [9.17, 15) is 15.0 Å². The van der Waals surface area contributed by atoms with Gasteiger partial charge in [-0.25, -0.2) is 4.79 Å². The molecule has 0 amide bonds. The first kappa shape index (κ1) is 14.4. The quantitative estimate of drug-likeness (QED) is 0.652. The Morgan fingerprint density at radius 3 is 2.15 bits per heavy atom. The molecule has 1 aromatic heterocycles. The monoisotopic (exact) mass is 280 g/mol. The van der Waals surface area contributed by atoms with Crippen LogP contribution in [0.3, 0.4) is 0 Å². The average Bonchev–Trinajstić information content (AvgIpc) is 2.29. The molecule has 1 aromatic carbocycles. The molecule has 0 aliphatic carbocycles. The zero-order valence-corrected chi connectivity index (χ0v) is 11.4. The SMILES string of the molecule is Cc1cc(=O)oc2cc(OC(C)O)c(OC(C)O)cc12. The van der Waals surface area contributed by atoms with Crippen molar-refractivity contribution in [3.05, 3.63) is 34.2 Å². The lowest BCUT2D eigenvalue weighted by molar-refractivity contribution is -0.0209. The maximum atomic E-state index is 11.4. The van der Waals surface area contributed by atoms with E-state index in [1.165, 1.54) is 26.0 Å². The third-order valence-electron chi connectivity index (χ3n) is 2.61. The van der Waals surface area contributed by atoms with Crippen molar-refractivity contribution in [1.82, 2.24) is 0 Å². The topological polar surface area (TPSA) is 89.1 Å². The third-order valence-corrected chi connectivity index (χ3v) is 2.61. The number of fused-ring (bicyclic) bond motifs is 1. The van der Waals surface area contributed by atoms with Crippen molar-refractivity contribution >= 4 is 11.0 Å². The number of benzene rings is 1. The molecule has 0 fully saturated rings. The van der Waals surface area contributed by atoms with Gasteiger partial charge in [0.1, 0.15) is 5.58 Å². The summed E-state index contributed by atoms with van der Waals surface area (Å²) < 4.78 is 15.5. The minimum atomic E-state index is -1.07. The number of rotatable bonds is 4. The number of hydrogen-bond donors (Lipinski definition) is 2. The van der Waals surface area contributed by atoms with Gasteiger partial charge in [-0.1, -0.05) is 0 Å². The first-order valence-electron chi connectivity index (χ1n) is 6.15. The highest BCUT2D eigenvalue weighted by atomic mass is 16.6. The van der Waals surface area contributed by atoms with E-state index in [0.717, 1.165) is 5.56 Å². The zero-order chi connectivity index (χ0) is 14.9. The number of aryl methyl sites for hydroxylation is 1. The number of aliphatic hydroxyl groups is 2. The largest absolute Gasteiger partial charge is 0.462 e. The van der Waals surface area contributed by atoms with Gasteiger partial charge in [0.25, 0.3) is 0 Å². The van der Waals surface area contributed by atoms with Gasteiger partial charge >= 0.3 is 5.63 Å². The minimum Gasteiger partial charge on any atom is -0.462 e. The second kappa shape index (κ2) is 5.52. The Hall–Kier alpha value is -2.05. The maximum Gasteiger partial charge on any atom is 0.336 e. The van der Waals surface area contributed by atoms with Crippen molar-refractivity contribution in [2.45, 2.75) is 33.4 Å². The lowest BCUT2D eigenvalue weighted by Gasteiger charge is -2.16. The summed E-state index contributed by atoms with van der Waals surface area (Å²) >= 11 is 0. The van der Waals surface area contributed by atoms with E-state index in [4.69, 9.17) is 13.9 Å². The Kier molecular flexibility index (Phi) is 3.96. The predicted molar refractivity (Wildman–Crippen MR) is 71.8 cm³/mol. The molecule has 0 saturated carbocycles. The molecular weight excluding hydrogens is 264 g/mol. The molecule has 0 aliphatic rings. The smallest absolute Gasteiger partial charge is 0.336 e. The van der Waals surface area contributed by atoms with Crippen LogP contribution >= 0.6 is 0 Å². The maximum absolute atomic E-state index is 11.4. The van der Waals surface area contributed by atoms with Crippen LogP contribution in [0.4, 0.5) is 0 Å². The summed E-state index contributed by atoms with van der Waals surface area (Å²) in [5.41, 5.74) is 0.570. The second-order valence-electron chi connectivity index (χ2n) is 4.48. The van der Waals surface area contributed by atoms with Gasteiger partial charge in [0.05, 0.1) is 0 Å². The Labute approximate surface area is 115 Å². The van der Waals surface area contributed by atoms with Gasteiger partial charge in [-0.15, -0.1) is 0 Å². The van der Waals surface area contributed by atoms with Crippen molar-refractivity contribution in [3.8, 4) is 11.5 Å². The summed E-state index contributed by atoms with van der Waals surface area (Å²) in [4.78, 5) is 11.4. The van der Waals surface area contributed by atoms with Crippen LogP contribution < -0.4 is 15.1 Å². The van der Waals surface area contributed by atoms with Crippen LogP contribution in [-0.2, 0) is 0 Å². The second-order valence-corrected chi connectivity index (χ2v) is 4.48. The third kappa shape index (κ3) is 3.09. The number of ether oxygens (including phenoxy) is 2. The highest BCUT2D eigenvalue weighted by molar-refractivity contribution is 5.83. The van der Waals surface area contributed by atoms with Crippen molar-refractivity contribution in [2.75, 3.05) is 0 Å². The van der Waals surface area contributed by atoms with Gasteiger partial charge in [-0.3, -0.25) is 0 Å². The Balaban J connectivity index is 2.64. The van der Waals surface area contributed by atoms with Crippen LogP contribution in [0, 0.1) is 6.92 Å². The molecule has 0 radical (unpaired) electrons. The van der Waals surface area contributed by atoms with Crippen LogP contribution in [0.5, 0.6) is 11.5 Å². The zero-order valence-electron chi connectivity index (χ0n) is 11.4. The summed E-state index contributed by atoms with van der Waals surface area (Å²) in [5, 5.41) is 19.3. The number of hydrogen-bond acceptors (Lipinski definition) is 6. The van der Waals surface area contributed by atoms with E-state index < -0.39 is 18.2 Å². The molecule has 1 heterocycles. The average molecular weight is 280 g/mol. The standard InChI is InChI=1S/C14H16O6/c1-7-4-14(17)20-11-6-13(19-9(3)16)12(5-10(7)11)18-8(2)15/h4-6,8-9,15-16H,1-3H3. The van der Waals surface area contributed by atoms with Crippen molar-refractivity contribution in [2.24, 2.45) is 0 Å². The van der Waals surface area contributed by atoms with Gasteiger partial charge in [-0.2, -0.15) is 0 Å². The molecule has 108 valence electrons. The van der Waals surface area contributed by atoms with Gasteiger partial charge < -0.3 is 24.1 Å². The molecule has 0 aliphatic heterocycles. The van der Waals surface area contributed by atoms with Crippen LogP contribution in [0.15, 0.2) is 27.4 Å². The van der Waals surface area contributed by atoms with E-state index in [0.29, 0.717) is 11.0 Å². The van der Waals surface area contributed by atoms with Crippen molar-refractivity contribution in [3.63, 3.8) is 0 Å². The van der Waals surface area contributed by atoms with Crippen molar-refractivity contribution in [1.29, 1.82) is 0 Å². The lowest BCUT2D eigenvalue weighted by atomic mass is 10.1. The molecule has 0 spiro atoms. The summed E-state index contributed by atoms with van der Waals surface area (Å²) in [6.45, 7) is 4.65. The normalized spacial score (nSPS) is 14.1. The highest BCUT2D eigenvalue weighted by Gasteiger charge is 2.14. The van der Waals surface area contributed by atoms with E-state index >= 15 is 0 Å². The summed E-state index contributed by atoms with van der Waals surface area (Å²) in [5.74, 6) is 0.437. The van der Waals surface area contributed by atoms with Crippen LogP contribution in [-0.4, -0.2) is 22.8 Å². The predicted octanol–water partition coefficient (Wildman–Crippen LogP) is 1.54. The molecule has 2 aromatic rings. The molecular formula is C14H16O6. The first-order valence-corrected chi connectivity index (χ1v) is 6.15. The fourth-order valence-corrected chi connectivity index (χ4v) is 1.88. The van der Waals surface area contributed by atoms with E-state index in [1.54, 1.807) is 13.0 Å². The lowest BCUT2D eigenvalue weighted by Crippen LogP contribution is -2.14. The van der Waals surface area contributed by atoms with Gasteiger partial charge in [-0.05, 0) is 32.4 Å². The first-order chi connectivity index (χ1) is 9.36. The molecule has 0 saturated heterocycles. The summed E-state index contributed by atoms with van der Waals surface area (Å²) in [7, 11) is 0. The van der Waals surface area contributed by atoms with E-state index in [2.05, 4.69) is 0 Å². The summed E-state index contributed by atoms with van der Waals surface area (Å²) in [6.07, 6.45) is -2.11. The Morgan fingerprint density at radius 2 is 1.60 bits per heavy atom. The molecule has 0 bridgehead atoms. The van der Waals surface area contributed by atoms with Gasteiger partial charge in [0.2, 0.25) is 0 Å². The molecule has 6 heteroatoms. The Morgan fingerprint density at radius 1 is 1.05 bits per heavy atom. The fraction of sp³-hybridized carbons (Fsp3) is 0.357. The molecule has 20 heavy (non-hydrogen) atoms. The van der Waals surface area contributed by atoms with Crippen LogP contribution in [0.1, 0.15) is 19.4 Å². The van der Waals surface area contributed by atoms with E-state index in [-0.39, 0.29) is 11.5 Å². The molecule has 6 nitrogen and oxygen atoms in total. The molecule has 2 atom stereocenters. The molecule has 2 rings (SSSR count). The number of aliphatic hydroxyl groups excluding tert-OH is 2. The fourth-order valence-electron chi connectivity index (χ4n) is 1.88.